The zero-order valence-corrected chi connectivity index (χ0v) is 15.7. The van der Waals surface area contributed by atoms with Gasteiger partial charge in [-0.15, -0.1) is 11.3 Å². The van der Waals surface area contributed by atoms with Gasteiger partial charge < -0.3 is 10.1 Å². The molecule has 1 amide bonds. The predicted molar refractivity (Wildman–Crippen MR) is 98.2 cm³/mol. The van der Waals surface area contributed by atoms with Gasteiger partial charge in [0.15, 0.2) is 11.9 Å². The number of hydrogen-bond donors (Lipinski definition) is 1. The predicted octanol–water partition coefficient (Wildman–Crippen LogP) is 4.38. The summed E-state index contributed by atoms with van der Waals surface area (Å²) < 4.78 is 19.0. The smallest absolute Gasteiger partial charge is 0.307 e. The molecule has 8 heteroatoms. The van der Waals surface area contributed by atoms with Gasteiger partial charge in [-0.05, 0) is 43.7 Å². The molecule has 0 bridgehead atoms. The highest BCUT2D eigenvalue weighted by molar-refractivity contribution is 7.18. The number of esters is 1. The van der Waals surface area contributed by atoms with Crippen LogP contribution in [0.5, 0.6) is 0 Å². The van der Waals surface area contributed by atoms with Crippen molar-refractivity contribution in [3.8, 4) is 0 Å². The number of ether oxygens (including phenoxy) is 1. The highest BCUT2D eigenvalue weighted by Crippen LogP contribution is 2.23. The first kappa shape index (κ1) is 20.1. The average molecular weight is 398 g/mol. The van der Waals surface area contributed by atoms with Crippen LogP contribution in [0.3, 0.4) is 0 Å². The Morgan fingerprint density at radius 3 is 2.58 bits per heavy atom. The lowest BCUT2D eigenvalue weighted by Gasteiger charge is -2.13. The summed E-state index contributed by atoms with van der Waals surface area (Å²) in [5, 5.41) is 2.47. The van der Waals surface area contributed by atoms with Crippen LogP contribution in [0, 0.1) is 12.7 Å². The molecule has 0 fully saturated rings. The van der Waals surface area contributed by atoms with Crippen molar-refractivity contribution in [2.24, 2.45) is 0 Å². The molecule has 0 aliphatic heterocycles. The fourth-order valence-electron chi connectivity index (χ4n) is 2.03. The summed E-state index contributed by atoms with van der Waals surface area (Å²) >= 11 is 6.90. The number of halogens is 2. The summed E-state index contributed by atoms with van der Waals surface area (Å²) in [6.45, 7) is 3.01. The van der Waals surface area contributed by atoms with Gasteiger partial charge in [0.05, 0.1) is 15.6 Å². The van der Waals surface area contributed by atoms with E-state index in [9.17, 15) is 18.8 Å². The monoisotopic (exact) mass is 397 g/mol. The van der Waals surface area contributed by atoms with E-state index in [1.807, 2.05) is 0 Å². The van der Waals surface area contributed by atoms with Crippen LogP contribution in [0.15, 0.2) is 30.3 Å². The number of ketones is 1. The van der Waals surface area contributed by atoms with E-state index < -0.39 is 23.8 Å². The number of hydrogen-bond acceptors (Lipinski definition) is 5. The van der Waals surface area contributed by atoms with Crippen LogP contribution >= 0.6 is 22.9 Å². The molecule has 2 aromatic rings. The van der Waals surface area contributed by atoms with Gasteiger partial charge in [0.2, 0.25) is 0 Å². The quantitative estimate of drug-likeness (QED) is 0.555. The van der Waals surface area contributed by atoms with E-state index in [1.54, 1.807) is 25.1 Å². The number of benzene rings is 1. The number of rotatable bonds is 7. The van der Waals surface area contributed by atoms with Crippen molar-refractivity contribution in [1.82, 2.24) is 0 Å². The summed E-state index contributed by atoms with van der Waals surface area (Å²) in [6.07, 6.45) is -1.25. The minimum atomic E-state index is -1.07. The molecule has 138 valence electrons. The van der Waals surface area contributed by atoms with Crippen LogP contribution in [0.25, 0.3) is 0 Å². The largest absolute Gasteiger partial charge is 0.453 e. The third-order valence-corrected chi connectivity index (χ3v) is 4.79. The van der Waals surface area contributed by atoms with Crippen LogP contribution in [0.1, 0.15) is 35.0 Å². The summed E-state index contributed by atoms with van der Waals surface area (Å²) in [5.74, 6) is -1.91. The molecule has 1 heterocycles. The van der Waals surface area contributed by atoms with Crippen LogP contribution in [0.4, 0.5) is 10.1 Å². The molecule has 26 heavy (non-hydrogen) atoms. The zero-order valence-electron chi connectivity index (χ0n) is 14.2. The molecular formula is C18H17ClFNO4S. The molecule has 0 saturated carbocycles. The summed E-state index contributed by atoms with van der Waals surface area (Å²) in [6, 6.07) is 7.47. The van der Waals surface area contributed by atoms with Gasteiger partial charge in [-0.25, -0.2) is 4.39 Å². The molecule has 0 aliphatic carbocycles. The maximum Gasteiger partial charge on any atom is 0.307 e. The fraction of sp³-hybridized carbons (Fsp3) is 0.278. The van der Waals surface area contributed by atoms with E-state index in [2.05, 4.69) is 5.32 Å². The van der Waals surface area contributed by atoms with E-state index >= 15 is 0 Å². The zero-order chi connectivity index (χ0) is 19.3. The molecular weight excluding hydrogens is 381 g/mol. The Kier molecular flexibility index (Phi) is 6.88. The van der Waals surface area contributed by atoms with Gasteiger partial charge in [-0.1, -0.05) is 17.7 Å². The molecule has 1 aromatic carbocycles. The van der Waals surface area contributed by atoms with Crippen molar-refractivity contribution in [3.63, 3.8) is 0 Å². The lowest BCUT2D eigenvalue weighted by molar-refractivity contribution is -0.153. The fourth-order valence-corrected chi connectivity index (χ4v) is 3.04. The molecule has 0 saturated heterocycles. The van der Waals surface area contributed by atoms with Crippen LogP contribution in [0.2, 0.25) is 4.34 Å². The number of aryl methyl sites for hydroxylation is 1. The van der Waals surface area contributed by atoms with E-state index in [0.717, 1.165) is 11.3 Å². The van der Waals surface area contributed by atoms with Gasteiger partial charge in [-0.2, -0.15) is 0 Å². The SMILES string of the molecule is Cc1ccc(NC(=O)[C@H](C)OC(=O)CCC(=O)c2ccc(Cl)s2)cc1F. The Balaban J connectivity index is 1.81. The van der Waals surface area contributed by atoms with Crippen LogP contribution in [-0.4, -0.2) is 23.8 Å². The Labute approximate surface area is 159 Å². The summed E-state index contributed by atoms with van der Waals surface area (Å²) in [4.78, 5) is 36.2. The highest BCUT2D eigenvalue weighted by Gasteiger charge is 2.19. The number of amides is 1. The first-order chi connectivity index (χ1) is 12.3. The van der Waals surface area contributed by atoms with Crippen molar-refractivity contribution in [2.75, 3.05) is 5.32 Å². The minimum absolute atomic E-state index is 0.0345. The van der Waals surface area contributed by atoms with Crippen molar-refractivity contribution in [2.45, 2.75) is 32.8 Å². The lowest BCUT2D eigenvalue weighted by atomic mass is 10.2. The number of thiophene rings is 1. The molecule has 2 rings (SSSR count). The molecule has 0 radical (unpaired) electrons. The summed E-state index contributed by atoms with van der Waals surface area (Å²) in [5.41, 5.74) is 0.727. The first-order valence-electron chi connectivity index (χ1n) is 7.81. The van der Waals surface area contributed by atoms with Crippen LogP contribution < -0.4 is 5.32 Å². The van der Waals surface area contributed by atoms with Gasteiger partial charge >= 0.3 is 5.97 Å². The standard InChI is InChI=1S/C18H17ClFNO4S/c1-10-3-4-12(9-13(10)20)21-18(24)11(2)25-17(23)8-5-14(22)15-6-7-16(19)26-15/h3-4,6-7,9,11H,5,8H2,1-2H3,(H,21,24)/t11-/m0/s1. The molecule has 1 aromatic heterocycles. The minimum Gasteiger partial charge on any atom is -0.453 e. The Bertz CT molecular complexity index is 836. The topological polar surface area (TPSA) is 72.5 Å². The number of anilines is 1. The van der Waals surface area contributed by atoms with Crippen molar-refractivity contribution < 1.29 is 23.5 Å². The average Bonchev–Trinajstić information content (AvgIpc) is 3.02. The lowest BCUT2D eigenvalue weighted by Crippen LogP contribution is -2.30. The summed E-state index contributed by atoms with van der Waals surface area (Å²) in [7, 11) is 0. The Morgan fingerprint density at radius 2 is 1.96 bits per heavy atom. The van der Waals surface area contributed by atoms with Gasteiger partial charge in [0.1, 0.15) is 5.82 Å². The molecule has 1 N–H and O–H groups in total. The Hall–Kier alpha value is -2.25. The molecule has 0 unspecified atom stereocenters. The van der Waals surface area contributed by atoms with Crippen molar-refractivity contribution in [3.05, 3.63) is 50.9 Å². The van der Waals surface area contributed by atoms with Crippen molar-refractivity contribution >= 4 is 46.3 Å². The Morgan fingerprint density at radius 1 is 1.23 bits per heavy atom. The molecule has 1 atom stereocenters. The third kappa shape index (κ3) is 5.64. The number of carbonyl (C=O) groups excluding carboxylic acids is 3. The second kappa shape index (κ2) is 8.91. The number of carbonyl (C=O) groups is 3. The van der Waals surface area contributed by atoms with Gasteiger partial charge in [0.25, 0.3) is 5.91 Å². The van der Waals surface area contributed by atoms with Gasteiger partial charge in [-0.3, -0.25) is 14.4 Å². The molecule has 5 nitrogen and oxygen atoms in total. The van der Waals surface area contributed by atoms with E-state index in [0.29, 0.717) is 14.8 Å². The number of nitrogens with one attached hydrogen (secondary N) is 1. The molecule has 0 aliphatic rings. The number of Topliss-reactive ketones (excluding diaryl/α,β-unsaturated/α-hetero) is 1. The second-order valence-electron chi connectivity index (χ2n) is 5.61. The van der Waals surface area contributed by atoms with Crippen LogP contribution in [-0.2, 0) is 14.3 Å². The normalized spacial score (nSPS) is 11.7. The second-order valence-corrected chi connectivity index (χ2v) is 7.33. The van der Waals surface area contributed by atoms with E-state index in [1.165, 1.54) is 19.1 Å². The first-order valence-corrected chi connectivity index (χ1v) is 9.00. The van der Waals surface area contributed by atoms with E-state index in [-0.39, 0.29) is 24.3 Å². The maximum atomic E-state index is 13.5. The third-order valence-electron chi connectivity index (χ3n) is 3.52. The molecule has 0 spiro atoms. The van der Waals surface area contributed by atoms with Gasteiger partial charge in [0, 0.05) is 12.1 Å². The van der Waals surface area contributed by atoms with E-state index in [4.69, 9.17) is 16.3 Å². The maximum absolute atomic E-state index is 13.5. The van der Waals surface area contributed by atoms with Crippen molar-refractivity contribution in [1.29, 1.82) is 0 Å². The highest BCUT2D eigenvalue weighted by atomic mass is 35.5.